The first kappa shape index (κ1) is 7.52. The van der Waals surface area contributed by atoms with Crippen LogP contribution in [0.5, 0.6) is 0 Å². The van der Waals surface area contributed by atoms with Crippen molar-refractivity contribution in [2.75, 3.05) is 0 Å². The Balaban J connectivity index is 2.48. The molecule has 1 atom stereocenters. The predicted octanol–water partition coefficient (Wildman–Crippen LogP) is 2.32. The van der Waals surface area contributed by atoms with Gasteiger partial charge in [-0.25, -0.2) is 0 Å². The Hall–Kier alpha value is -0.590. The molecule has 1 aliphatic carbocycles. The second-order valence-electron chi connectivity index (χ2n) is 2.95. The lowest BCUT2D eigenvalue weighted by Crippen LogP contribution is -2.05. The molecule has 0 unspecified atom stereocenters. The molecule has 0 N–H and O–H groups in total. The van der Waals surface area contributed by atoms with Crippen LogP contribution in [0.25, 0.3) is 0 Å². The van der Waals surface area contributed by atoms with Crippen molar-refractivity contribution in [3.05, 3.63) is 11.6 Å². The van der Waals surface area contributed by atoms with Gasteiger partial charge in [0, 0.05) is 0 Å². The molecule has 0 amide bonds. The van der Waals surface area contributed by atoms with Crippen LogP contribution in [0, 0.1) is 5.92 Å². The highest BCUT2D eigenvalue weighted by Gasteiger charge is 2.12. The van der Waals surface area contributed by atoms with Crippen LogP contribution >= 0.6 is 0 Å². The smallest absolute Gasteiger partial charge is 0.145 e. The van der Waals surface area contributed by atoms with Crippen molar-refractivity contribution in [3.63, 3.8) is 0 Å². The fraction of sp³-hybridized carbons (Fsp3) is 0.667. The lowest BCUT2D eigenvalue weighted by atomic mass is 9.88. The molecule has 0 fully saturated rings. The molecule has 1 heteroatoms. The van der Waals surface area contributed by atoms with E-state index in [1.54, 1.807) is 0 Å². The normalized spacial score (nSPS) is 25.7. The average Bonchev–Trinajstić information content (AvgIpc) is 2.05. The van der Waals surface area contributed by atoms with E-state index in [4.69, 9.17) is 0 Å². The van der Waals surface area contributed by atoms with Crippen LogP contribution in [-0.4, -0.2) is 6.29 Å². The molecule has 0 heterocycles. The van der Waals surface area contributed by atoms with Gasteiger partial charge < -0.3 is 0 Å². The van der Waals surface area contributed by atoms with Gasteiger partial charge >= 0.3 is 0 Å². The van der Waals surface area contributed by atoms with E-state index in [0.29, 0.717) is 0 Å². The zero-order valence-electron chi connectivity index (χ0n) is 6.47. The Morgan fingerprint density at radius 3 is 3.20 bits per heavy atom. The monoisotopic (exact) mass is 138 g/mol. The van der Waals surface area contributed by atoms with E-state index in [1.807, 2.05) is 0 Å². The van der Waals surface area contributed by atoms with Gasteiger partial charge in [-0.15, -0.1) is 0 Å². The summed E-state index contributed by atoms with van der Waals surface area (Å²) in [6.07, 6.45) is 7.67. The largest absolute Gasteiger partial charge is 0.298 e. The summed E-state index contributed by atoms with van der Waals surface area (Å²) >= 11 is 0. The number of allylic oxidation sites excluding steroid dienone is 2. The third-order valence-electron chi connectivity index (χ3n) is 2.23. The van der Waals surface area contributed by atoms with Gasteiger partial charge in [0.1, 0.15) is 6.29 Å². The Kier molecular flexibility index (Phi) is 2.67. The predicted molar refractivity (Wildman–Crippen MR) is 41.8 cm³/mol. The fourth-order valence-corrected chi connectivity index (χ4v) is 1.47. The molecule has 0 saturated heterocycles. The van der Waals surface area contributed by atoms with Crippen LogP contribution in [0.4, 0.5) is 0 Å². The van der Waals surface area contributed by atoms with E-state index in [1.165, 1.54) is 12.8 Å². The van der Waals surface area contributed by atoms with Crippen LogP contribution in [0.3, 0.4) is 0 Å². The van der Waals surface area contributed by atoms with E-state index in [0.717, 1.165) is 30.6 Å². The Morgan fingerprint density at radius 2 is 2.60 bits per heavy atom. The van der Waals surface area contributed by atoms with Crippen LogP contribution in [0.1, 0.15) is 32.6 Å². The van der Waals surface area contributed by atoms with Crippen molar-refractivity contribution in [1.29, 1.82) is 0 Å². The highest BCUT2D eigenvalue weighted by atomic mass is 16.1. The van der Waals surface area contributed by atoms with Gasteiger partial charge in [0.05, 0.1) is 0 Å². The maximum Gasteiger partial charge on any atom is 0.145 e. The molecule has 1 aliphatic rings. The highest BCUT2D eigenvalue weighted by Crippen LogP contribution is 2.24. The molecular weight excluding hydrogens is 124 g/mol. The van der Waals surface area contributed by atoms with Gasteiger partial charge in [0.2, 0.25) is 0 Å². The minimum atomic E-state index is 0.769. The number of hydrogen-bond donors (Lipinski definition) is 0. The van der Waals surface area contributed by atoms with Gasteiger partial charge in [-0.05, 0) is 30.8 Å². The van der Waals surface area contributed by atoms with E-state index < -0.39 is 0 Å². The summed E-state index contributed by atoms with van der Waals surface area (Å²) in [7, 11) is 0. The van der Waals surface area contributed by atoms with Crippen molar-refractivity contribution in [2.45, 2.75) is 32.6 Å². The molecule has 56 valence electrons. The summed E-state index contributed by atoms with van der Waals surface area (Å²) in [4.78, 5) is 10.4. The lowest BCUT2D eigenvalue weighted by Gasteiger charge is -2.17. The fourth-order valence-electron chi connectivity index (χ4n) is 1.47. The zero-order chi connectivity index (χ0) is 7.40. The van der Waals surface area contributed by atoms with Crippen molar-refractivity contribution in [3.8, 4) is 0 Å². The molecule has 0 saturated carbocycles. The van der Waals surface area contributed by atoms with Crippen LogP contribution in [0.15, 0.2) is 11.6 Å². The molecule has 0 bridgehead atoms. The second kappa shape index (κ2) is 3.55. The topological polar surface area (TPSA) is 17.1 Å². The van der Waals surface area contributed by atoms with E-state index in [-0.39, 0.29) is 0 Å². The zero-order valence-corrected chi connectivity index (χ0v) is 6.47. The average molecular weight is 138 g/mol. The first-order chi connectivity index (χ1) is 4.86. The molecule has 0 aliphatic heterocycles. The lowest BCUT2D eigenvalue weighted by molar-refractivity contribution is -0.105. The minimum absolute atomic E-state index is 0.769. The van der Waals surface area contributed by atoms with Gasteiger partial charge in [0.15, 0.2) is 0 Å². The number of carbonyl (C=O) groups is 1. The van der Waals surface area contributed by atoms with Crippen LogP contribution in [-0.2, 0) is 4.79 Å². The Morgan fingerprint density at radius 1 is 1.80 bits per heavy atom. The minimum Gasteiger partial charge on any atom is -0.298 e. The summed E-state index contributed by atoms with van der Waals surface area (Å²) in [6, 6.07) is 0. The second-order valence-corrected chi connectivity index (χ2v) is 2.95. The molecule has 1 nitrogen and oxygen atoms in total. The van der Waals surface area contributed by atoms with Crippen molar-refractivity contribution >= 4 is 6.29 Å². The number of aldehydes is 1. The first-order valence-corrected chi connectivity index (χ1v) is 4.01. The van der Waals surface area contributed by atoms with E-state index in [9.17, 15) is 4.79 Å². The summed E-state index contributed by atoms with van der Waals surface area (Å²) in [6.45, 7) is 2.19. The van der Waals surface area contributed by atoms with Gasteiger partial charge in [-0.1, -0.05) is 19.4 Å². The molecule has 0 aromatic heterocycles. The SMILES string of the molecule is CC[C@@H]1CCC=C(C=O)C1. The van der Waals surface area contributed by atoms with Gasteiger partial charge in [0.25, 0.3) is 0 Å². The first-order valence-electron chi connectivity index (χ1n) is 4.01. The van der Waals surface area contributed by atoms with Crippen LogP contribution < -0.4 is 0 Å². The van der Waals surface area contributed by atoms with E-state index >= 15 is 0 Å². The van der Waals surface area contributed by atoms with Crippen LogP contribution in [0.2, 0.25) is 0 Å². The molecular formula is C9H14O. The van der Waals surface area contributed by atoms with Crippen molar-refractivity contribution < 1.29 is 4.79 Å². The number of carbonyl (C=O) groups excluding carboxylic acids is 1. The summed E-state index contributed by atoms with van der Waals surface area (Å²) in [5.74, 6) is 0.769. The third-order valence-corrected chi connectivity index (χ3v) is 2.23. The molecule has 0 spiro atoms. The maximum absolute atomic E-state index is 10.4. The van der Waals surface area contributed by atoms with Crippen molar-refractivity contribution in [2.24, 2.45) is 5.92 Å². The van der Waals surface area contributed by atoms with Gasteiger partial charge in [-0.2, -0.15) is 0 Å². The summed E-state index contributed by atoms with van der Waals surface area (Å²) < 4.78 is 0. The molecule has 0 aromatic rings. The van der Waals surface area contributed by atoms with Gasteiger partial charge in [-0.3, -0.25) is 4.79 Å². The highest BCUT2D eigenvalue weighted by molar-refractivity contribution is 5.73. The summed E-state index contributed by atoms with van der Waals surface area (Å²) in [5, 5.41) is 0. The Labute approximate surface area is 62.1 Å². The Bertz CT molecular complexity index is 147. The number of hydrogen-bond acceptors (Lipinski definition) is 1. The quantitative estimate of drug-likeness (QED) is 0.535. The van der Waals surface area contributed by atoms with E-state index in [2.05, 4.69) is 13.0 Å². The van der Waals surface area contributed by atoms with Crippen molar-refractivity contribution in [1.82, 2.24) is 0 Å². The molecule has 0 aromatic carbocycles. The number of rotatable bonds is 2. The standard InChI is InChI=1S/C9H14O/c1-2-8-4-3-5-9(6-8)7-10/h5,7-8H,2-4,6H2,1H3/t8-/m1/s1. The third kappa shape index (κ3) is 1.69. The maximum atomic E-state index is 10.4. The molecule has 0 radical (unpaired) electrons. The molecule has 1 rings (SSSR count). The molecule has 10 heavy (non-hydrogen) atoms. The summed E-state index contributed by atoms with van der Waals surface area (Å²) in [5.41, 5.74) is 1.01.